The minimum atomic E-state index is -0.930. The van der Waals surface area contributed by atoms with Crippen LogP contribution in [0.1, 0.15) is 28.7 Å². The number of aromatic carboxylic acids is 1. The topological polar surface area (TPSA) is 66.3 Å². The smallest absolute Gasteiger partial charge is 0.335 e. The lowest BCUT2D eigenvalue weighted by molar-refractivity contribution is 0.0696. The Balaban J connectivity index is 2.27. The maximum Gasteiger partial charge on any atom is 0.335 e. The van der Waals surface area contributed by atoms with E-state index in [1.807, 2.05) is 24.3 Å². The predicted molar refractivity (Wildman–Crippen MR) is 74.8 cm³/mol. The van der Waals surface area contributed by atoms with Gasteiger partial charge in [0.15, 0.2) is 0 Å². The minimum absolute atomic E-state index is 0.270. The van der Waals surface area contributed by atoms with Crippen LogP contribution in [0.2, 0.25) is 0 Å². The molecule has 5 nitrogen and oxygen atoms in total. The third-order valence-corrected chi connectivity index (χ3v) is 3.38. The molecule has 100 valence electrons. The van der Waals surface area contributed by atoms with E-state index >= 15 is 0 Å². The number of hydrogen-bond acceptors (Lipinski definition) is 5. The third kappa shape index (κ3) is 3.29. The fourth-order valence-corrected chi connectivity index (χ4v) is 2.26. The van der Waals surface area contributed by atoms with E-state index in [9.17, 15) is 4.79 Å². The summed E-state index contributed by atoms with van der Waals surface area (Å²) in [5, 5.41) is 11.1. The number of rotatable bonds is 5. The lowest BCUT2D eigenvalue weighted by Gasteiger charge is -2.18. The first-order valence-corrected chi connectivity index (χ1v) is 6.87. The van der Waals surface area contributed by atoms with Gasteiger partial charge in [-0.1, -0.05) is 6.92 Å². The molecule has 0 spiro atoms. The highest BCUT2D eigenvalue weighted by Crippen LogP contribution is 2.17. The molecule has 0 saturated carbocycles. The van der Waals surface area contributed by atoms with Crippen LogP contribution in [0.5, 0.6) is 0 Å². The van der Waals surface area contributed by atoms with Crippen LogP contribution in [-0.4, -0.2) is 28.1 Å². The molecule has 0 saturated heterocycles. The monoisotopic (exact) mass is 277 g/mol. The molecule has 2 aromatic rings. The number of nitrogens with zero attached hydrogens (tertiary/aromatic N) is 3. The van der Waals surface area contributed by atoms with E-state index in [1.165, 1.54) is 0 Å². The highest BCUT2D eigenvalue weighted by atomic mass is 32.1. The molecule has 0 bridgehead atoms. The van der Waals surface area contributed by atoms with Gasteiger partial charge in [-0.25, -0.2) is 14.8 Å². The Bertz CT molecular complexity index is 569. The maximum absolute atomic E-state index is 11.1. The van der Waals surface area contributed by atoms with Crippen molar-refractivity contribution in [3.8, 4) is 0 Å². The molecule has 0 aliphatic heterocycles. The average Bonchev–Trinajstić information content (AvgIpc) is 2.90. The van der Waals surface area contributed by atoms with Gasteiger partial charge in [0, 0.05) is 18.1 Å². The second-order valence-electron chi connectivity index (χ2n) is 4.20. The van der Waals surface area contributed by atoms with Crippen molar-refractivity contribution in [2.45, 2.75) is 19.9 Å². The molecule has 0 radical (unpaired) electrons. The van der Waals surface area contributed by atoms with Crippen LogP contribution in [0.25, 0.3) is 0 Å². The molecule has 0 aromatic carbocycles. The normalized spacial score (nSPS) is 10.4. The van der Waals surface area contributed by atoms with E-state index in [1.54, 1.807) is 29.0 Å². The number of aromatic nitrogens is 2. The summed E-state index contributed by atoms with van der Waals surface area (Å²) in [5.41, 5.74) is 3.78. The second kappa shape index (κ2) is 5.79. The van der Waals surface area contributed by atoms with Crippen LogP contribution in [0.4, 0.5) is 5.82 Å². The standard InChI is InChI=1S/C13H15N3O2S/c1-3-10-4-9(13(17)18)5-12(15-10)16(2)6-11-7-19-8-14-11/h4-5,7-8H,3,6H2,1-2H3,(H,17,18). The Morgan fingerprint density at radius 2 is 2.21 bits per heavy atom. The lowest BCUT2D eigenvalue weighted by Crippen LogP contribution is -2.19. The Kier molecular flexibility index (Phi) is 4.11. The van der Waals surface area contributed by atoms with Gasteiger partial charge in [-0.05, 0) is 18.6 Å². The Hall–Kier alpha value is -1.95. The molecule has 0 aliphatic rings. The van der Waals surface area contributed by atoms with E-state index in [0.717, 1.165) is 11.4 Å². The van der Waals surface area contributed by atoms with Crippen molar-refractivity contribution in [3.05, 3.63) is 40.0 Å². The molecular formula is C13H15N3O2S. The Labute approximate surface area is 115 Å². The summed E-state index contributed by atoms with van der Waals surface area (Å²) in [6.45, 7) is 2.57. The number of carbonyl (C=O) groups is 1. The summed E-state index contributed by atoms with van der Waals surface area (Å²) >= 11 is 1.54. The van der Waals surface area contributed by atoms with Gasteiger partial charge < -0.3 is 10.0 Å². The van der Waals surface area contributed by atoms with Crippen LogP contribution in [0.15, 0.2) is 23.0 Å². The van der Waals surface area contributed by atoms with E-state index < -0.39 is 5.97 Å². The first kappa shape index (κ1) is 13.5. The highest BCUT2D eigenvalue weighted by molar-refractivity contribution is 7.07. The maximum atomic E-state index is 11.1. The van der Waals surface area contributed by atoms with E-state index in [0.29, 0.717) is 18.8 Å². The van der Waals surface area contributed by atoms with Gasteiger partial charge in [0.25, 0.3) is 0 Å². The molecule has 6 heteroatoms. The minimum Gasteiger partial charge on any atom is -0.478 e. The Morgan fingerprint density at radius 1 is 1.42 bits per heavy atom. The van der Waals surface area contributed by atoms with Crippen LogP contribution in [-0.2, 0) is 13.0 Å². The molecular weight excluding hydrogens is 262 g/mol. The number of pyridine rings is 1. The number of carboxylic acids is 1. The summed E-state index contributed by atoms with van der Waals surface area (Å²) in [5.74, 6) is -0.273. The van der Waals surface area contributed by atoms with Crippen LogP contribution < -0.4 is 4.90 Å². The van der Waals surface area contributed by atoms with Gasteiger partial charge >= 0.3 is 5.97 Å². The molecule has 0 aliphatic carbocycles. The lowest BCUT2D eigenvalue weighted by atomic mass is 10.2. The van der Waals surface area contributed by atoms with Gasteiger partial charge in [0.1, 0.15) is 5.82 Å². The number of carboxylic acid groups (broad SMARTS) is 1. The van der Waals surface area contributed by atoms with Gasteiger partial charge in [0.2, 0.25) is 0 Å². The van der Waals surface area contributed by atoms with Crippen molar-refractivity contribution in [1.82, 2.24) is 9.97 Å². The number of aryl methyl sites for hydroxylation is 1. The summed E-state index contributed by atoms with van der Waals surface area (Å²) in [4.78, 5) is 21.7. The number of thiazole rings is 1. The molecule has 0 atom stereocenters. The highest BCUT2D eigenvalue weighted by Gasteiger charge is 2.11. The summed E-state index contributed by atoms with van der Waals surface area (Å²) in [7, 11) is 1.88. The third-order valence-electron chi connectivity index (χ3n) is 2.75. The molecule has 19 heavy (non-hydrogen) atoms. The van der Waals surface area contributed by atoms with E-state index in [-0.39, 0.29) is 5.56 Å². The van der Waals surface area contributed by atoms with Crippen molar-refractivity contribution < 1.29 is 9.90 Å². The van der Waals surface area contributed by atoms with E-state index in [4.69, 9.17) is 5.11 Å². The van der Waals surface area contributed by atoms with Crippen LogP contribution in [0, 0.1) is 0 Å². The van der Waals surface area contributed by atoms with E-state index in [2.05, 4.69) is 9.97 Å². The quantitative estimate of drug-likeness (QED) is 0.909. The van der Waals surface area contributed by atoms with Crippen LogP contribution in [0.3, 0.4) is 0 Å². The van der Waals surface area contributed by atoms with Gasteiger partial charge in [-0.15, -0.1) is 11.3 Å². The van der Waals surface area contributed by atoms with Crippen molar-refractivity contribution in [1.29, 1.82) is 0 Å². The molecule has 2 aromatic heterocycles. The van der Waals surface area contributed by atoms with Gasteiger partial charge in [-0.3, -0.25) is 0 Å². The molecule has 2 rings (SSSR count). The van der Waals surface area contributed by atoms with Crippen LogP contribution >= 0.6 is 11.3 Å². The van der Waals surface area contributed by atoms with Gasteiger partial charge in [-0.2, -0.15) is 0 Å². The molecule has 0 amide bonds. The second-order valence-corrected chi connectivity index (χ2v) is 4.92. The number of anilines is 1. The first-order chi connectivity index (χ1) is 9.10. The summed E-state index contributed by atoms with van der Waals surface area (Å²) < 4.78 is 0. The zero-order chi connectivity index (χ0) is 13.8. The van der Waals surface area contributed by atoms with Crippen molar-refractivity contribution in [2.24, 2.45) is 0 Å². The van der Waals surface area contributed by atoms with Gasteiger partial charge in [0.05, 0.1) is 23.3 Å². The Morgan fingerprint density at radius 3 is 2.79 bits per heavy atom. The predicted octanol–water partition coefficient (Wildman–Crippen LogP) is 2.44. The largest absolute Gasteiger partial charge is 0.478 e. The fraction of sp³-hybridized carbons (Fsp3) is 0.308. The zero-order valence-electron chi connectivity index (χ0n) is 10.8. The molecule has 0 unspecified atom stereocenters. The number of hydrogen-bond donors (Lipinski definition) is 1. The molecule has 2 heterocycles. The fourth-order valence-electron chi connectivity index (χ4n) is 1.71. The van der Waals surface area contributed by atoms with Crippen molar-refractivity contribution in [3.63, 3.8) is 0 Å². The van der Waals surface area contributed by atoms with Crippen molar-refractivity contribution in [2.75, 3.05) is 11.9 Å². The zero-order valence-corrected chi connectivity index (χ0v) is 11.6. The average molecular weight is 277 g/mol. The summed E-state index contributed by atoms with van der Waals surface area (Å²) in [6, 6.07) is 3.20. The SMILES string of the molecule is CCc1cc(C(=O)O)cc(N(C)Cc2cscn2)n1. The van der Waals surface area contributed by atoms with Crippen molar-refractivity contribution >= 4 is 23.1 Å². The summed E-state index contributed by atoms with van der Waals surface area (Å²) in [6.07, 6.45) is 0.707. The molecule has 1 N–H and O–H groups in total. The molecule has 0 fully saturated rings. The first-order valence-electron chi connectivity index (χ1n) is 5.92.